The molecule has 146 valence electrons. The Hall–Kier alpha value is -1.80. The first kappa shape index (κ1) is 19.9. The average Bonchev–Trinajstić information content (AvgIpc) is 2.70. The number of aliphatic hydroxyl groups is 2. The Morgan fingerprint density at radius 1 is 0.852 bits per heavy atom. The van der Waals surface area contributed by atoms with Crippen LogP contribution in [0.3, 0.4) is 0 Å². The van der Waals surface area contributed by atoms with Crippen LogP contribution in [-0.2, 0) is 32.2 Å². The molecule has 5 atom stereocenters. The van der Waals surface area contributed by atoms with Gasteiger partial charge in [-0.1, -0.05) is 60.7 Å². The lowest BCUT2D eigenvalue weighted by atomic mass is 9.99. The zero-order valence-corrected chi connectivity index (χ0v) is 15.3. The van der Waals surface area contributed by atoms with Crippen LogP contribution < -0.4 is 0 Å². The average molecular weight is 374 g/mol. The van der Waals surface area contributed by atoms with Crippen LogP contribution in [0.15, 0.2) is 60.7 Å². The maximum absolute atomic E-state index is 10.6. The molecule has 3 rings (SSSR count). The fourth-order valence-electron chi connectivity index (χ4n) is 3.13. The standard InChI is InChI=1S/C21H26O6/c1-24-19-18(22)17(14-25-12-15-8-4-2-5-9-15)27-21(23)20(19)26-13-16-10-6-3-7-11-16/h2-11,17-23H,12-14H2,1H3/t17-,18-,19+,20-,21?/m1/s1. The first-order valence-electron chi connectivity index (χ1n) is 9.00. The van der Waals surface area contributed by atoms with Gasteiger partial charge in [-0.3, -0.25) is 0 Å². The monoisotopic (exact) mass is 374 g/mol. The van der Waals surface area contributed by atoms with E-state index in [-0.39, 0.29) is 13.2 Å². The van der Waals surface area contributed by atoms with Crippen molar-refractivity contribution in [1.82, 2.24) is 0 Å². The van der Waals surface area contributed by atoms with Crippen LogP contribution in [0.4, 0.5) is 0 Å². The van der Waals surface area contributed by atoms with Gasteiger partial charge in [-0.25, -0.2) is 0 Å². The number of ether oxygens (including phenoxy) is 4. The molecule has 0 aromatic heterocycles. The number of hydrogen-bond acceptors (Lipinski definition) is 6. The molecular formula is C21H26O6. The summed E-state index contributed by atoms with van der Waals surface area (Å²) in [6.45, 7) is 0.821. The highest BCUT2D eigenvalue weighted by Crippen LogP contribution is 2.25. The smallest absolute Gasteiger partial charge is 0.184 e. The van der Waals surface area contributed by atoms with E-state index in [1.165, 1.54) is 7.11 Å². The van der Waals surface area contributed by atoms with E-state index in [1.807, 2.05) is 60.7 Å². The van der Waals surface area contributed by atoms with Crippen molar-refractivity contribution in [2.45, 2.75) is 43.9 Å². The summed E-state index contributed by atoms with van der Waals surface area (Å²) >= 11 is 0. The Labute approximate surface area is 159 Å². The predicted molar refractivity (Wildman–Crippen MR) is 98.8 cm³/mol. The molecule has 2 N–H and O–H groups in total. The molecule has 0 bridgehead atoms. The lowest BCUT2D eigenvalue weighted by Gasteiger charge is -2.41. The van der Waals surface area contributed by atoms with Crippen molar-refractivity contribution in [2.75, 3.05) is 13.7 Å². The van der Waals surface area contributed by atoms with E-state index in [0.717, 1.165) is 11.1 Å². The molecule has 6 nitrogen and oxygen atoms in total. The molecule has 0 amide bonds. The van der Waals surface area contributed by atoms with E-state index < -0.39 is 30.7 Å². The van der Waals surface area contributed by atoms with Crippen molar-refractivity contribution in [3.63, 3.8) is 0 Å². The first-order valence-corrected chi connectivity index (χ1v) is 9.00. The minimum absolute atomic E-state index is 0.137. The topological polar surface area (TPSA) is 77.4 Å². The number of methoxy groups -OCH3 is 1. The van der Waals surface area contributed by atoms with Crippen LogP contribution in [-0.4, -0.2) is 54.6 Å². The zero-order chi connectivity index (χ0) is 19.1. The van der Waals surface area contributed by atoms with Crippen molar-refractivity contribution in [1.29, 1.82) is 0 Å². The summed E-state index contributed by atoms with van der Waals surface area (Å²) in [6, 6.07) is 19.3. The highest BCUT2D eigenvalue weighted by Gasteiger charge is 2.45. The molecule has 0 spiro atoms. The van der Waals surface area contributed by atoms with Gasteiger partial charge in [-0.05, 0) is 11.1 Å². The molecule has 0 radical (unpaired) electrons. The second-order valence-corrected chi connectivity index (χ2v) is 6.52. The van der Waals surface area contributed by atoms with Gasteiger partial charge in [-0.2, -0.15) is 0 Å². The summed E-state index contributed by atoms with van der Waals surface area (Å²) in [4.78, 5) is 0. The minimum Gasteiger partial charge on any atom is -0.387 e. The maximum atomic E-state index is 10.6. The fraction of sp³-hybridized carbons (Fsp3) is 0.429. The van der Waals surface area contributed by atoms with Gasteiger partial charge < -0.3 is 29.2 Å². The van der Waals surface area contributed by atoms with Gasteiger partial charge in [-0.15, -0.1) is 0 Å². The molecule has 6 heteroatoms. The van der Waals surface area contributed by atoms with E-state index in [4.69, 9.17) is 18.9 Å². The number of aliphatic hydroxyl groups excluding tert-OH is 2. The third kappa shape index (κ3) is 5.35. The second kappa shape index (κ2) is 9.94. The van der Waals surface area contributed by atoms with Crippen molar-refractivity contribution in [3.05, 3.63) is 71.8 Å². The molecule has 1 aliphatic heterocycles. The van der Waals surface area contributed by atoms with E-state index >= 15 is 0 Å². The van der Waals surface area contributed by atoms with Crippen molar-refractivity contribution in [2.24, 2.45) is 0 Å². The Morgan fingerprint density at radius 2 is 1.44 bits per heavy atom. The van der Waals surface area contributed by atoms with Gasteiger partial charge >= 0.3 is 0 Å². The van der Waals surface area contributed by atoms with Crippen LogP contribution in [0.5, 0.6) is 0 Å². The molecule has 1 fully saturated rings. The normalized spacial score (nSPS) is 28.2. The van der Waals surface area contributed by atoms with Crippen LogP contribution in [0.2, 0.25) is 0 Å². The lowest BCUT2D eigenvalue weighted by Crippen LogP contribution is -2.60. The van der Waals surface area contributed by atoms with Crippen molar-refractivity contribution >= 4 is 0 Å². The summed E-state index contributed by atoms with van der Waals surface area (Å²) in [7, 11) is 1.48. The number of rotatable bonds is 8. The van der Waals surface area contributed by atoms with Crippen LogP contribution in [0.1, 0.15) is 11.1 Å². The molecule has 0 aliphatic carbocycles. The van der Waals surface area contributed by atoms with Gasteiger partial charge in [0.15, 0.2) is 6.29 Å². The highest BCUT2D eigenvalue weighted by atomic mass is 16.7. The third-order valence-electron chi connectivity index (χ3n) is 4.59. The fourth-order valence-corrected chi connectivity index (χ4v) is 3.13. The largest absolute Gasteiger partial charge is 0.387 e. The van der Waals surface area contributed by atoms with Gasteiger partial charge in [0.05, 0.1) is 19.8 Å². The number of hydrogen-bond donors (Lipinski definition) is 2. The van der Waals surface area contributed by atoms with Crippen molar-refractivity contribution < 1.29 is 29.2 Å². The molecule has 2 aromatic carbocycles. The first-order chi connectivity index (χ1) is 13.2. The van der Waals surface area contributed by atoms with E-state index in [2.05, 4.69) is 0 Å². The molecule has 1 saturated heterocycles. The summed E-state index contributed by atoms with van der Waals surface area (Å²) < 4.78 is 22.4. The summed E-state index contributed by atoms with van der Waals surface area (Å²) in [5.74, 6) is 0. The minimum atomic E-state index is -1.22. The summed E-state index contributed by atoms with van der Waals surface area (Å²) in [5, 5.41) is 20.9. The van der Waals surface area contributed by atoms with Crippen LogP contribution in [0, 0.1) is 0 Å². The predicted octanol–water partition coefficient (Wildman–Crippen LogP) is 1.88. The Kier molecular flexibility index (Phi) is 7.34. The molecular weight excluding hydrogens is 348 g/mol. The van der Waals surface area contributed by atoms with Gasteiger partial charge in [0.2, 0.25) is 0 Å². The molecule has 1 aliphatic rings. The Bertz CT molecular complexity index is 665. The van der Waals surface area contributed by atoms with Gasteiger partial charge in [0.25, 0.3) is 0 Å². The molecule has 1 unspecified atom stereocenters. The highest BCUT2D eigenvalue weighted by molar-refractivity contribution is 5.14. The van der Waals surface area contributed by atoms with Crippen LogP contribution >= 0.6 is 0 Å². The maximum Gasteiger partial charge on any atom is 0.184 e. The molecule has 27 heavy (non-hydrogen) atoms. The van der Waals surface area contributed by atoms with E-state index in [0.29, 0.717) is 6.61 Å². The SMILES string of the molecule is CO[C@H]1[C@H](O)[C@@H](COCc2ccccc2)OC(O)[C@@H]1OCc1ccccc1. The summed E-state index contributed by atoms with van der Waals surface area (Å²) in [5.41, 5.74) is 1.98. The van der Waals surface area contributed by atoms with Gasteiger partial charge in [0, 0.05) is 7.11 Å². The summed E-state index contributed by atoms with van der Waals surface area (Å²) in [6.07, 6.45) is -4.41. The zero-order valence-electron chi connectivity index (χ0n) is 15.3. The van der Waals surface area contributed by atoms with E-state index in [1.54, 1.807) is 0 Å². The Balaban J connectivity index is 1.54. The third-order valence-corrected chi connectivity index (χ3v) is 4.59. The number of benzene rings is 2. The van der Waals surface area contributed by atoms with Crippen molar-refractivity contribution in [3.8, 4) is 0 Å². The van der Waals surface area contributed by atoms with Crippen LogP contribution in [0.25, 0.3) is 0 Å². The molecule has 1 heterocycles. The lowest BCUT2D eigenvalue weighted by molar-refractivity contribution is -0.304. The second-order valence-electron chi connectivity index (χ2n) is 6.52. The molecule has 2 aromatic rings. The quantitative estimate of drug-likeness (QED) is 0.735. The molecule has 0 saturated carbocycles. The Morgan fingerprint density at radius 3 is 2.04 bits per heavy atom. The van der Waals surface area contributed by atoms with E-state index in [9.17, 15) is 10.2 Å². The van der Waals surface area contributed by atoms with Gasteiger partial charge in [0.1, 0.15) is 24.4 Å².